The van der Waals surface area contributed by atoms with E-state index in [-0.39, 0.29) is 0 Å². The van der Waals surface area contributed by atoms with Crippen molar-refractivity contribution in [1.29, 1.82) is 5.26 Å². The summed E-state index contributed by atoms with van der Waals surface area (Å²) >= 11 is 0. The highest BCUT2D eigenvalue weighted by molar-refractivity contribution is 5.67. The Morgan fingerprint density at radius 2 is 1.82 bits per heavy atom. The summed E-state index contributed by atoms with van der Waals surface area (Å²) < 4.78 is 5.30. The molecule has 0 aliphatic carbocycles. The molecule has 2 rings (SSSR count). The highest BCUT2D eigenvalue weighted by Gasteiger charge is 2.03. The third kappa shape index (κ3) is 2.29. The van der Waals surface area contributed by atoms with Crippen LogP contribution in [0.4, 0.5) is 0 Å². The zero-order valence-corrected chi connectivity index (χ0v) is 9.90. The molecule has 2 aromatic rings. The first-order valence-electron chi connectivity index (χ1n) is 5.40. The molecule has 0 amide bonds. The van der Waals surface area contributed by atoms with E-state index in [9.17, 15) is 0 Å². The molecule has 0 aliphatic heterocycles. The van der Waals surface area contributed by atoms with Crippen LogP contribution in [0.15, 0.2) is 42.5 Å². The number of ether oxygens (including phenoxy) is 1. The molecule has 0 N–H and O–H groups in total. The third-order valence-electron chi connectivity index (χ3n) is 2.73. The predicted octanol–water partition coefficient (Wildman–Crippen LogP) is 3.54. The van der Waals surface area contributed by atoms with Gasteiger partial charge in [-0.25, -0.2) is 0 Å². The van der Waals surface area contributed by atoms with E-state index in [1.54, 1.807) is 13.2 Å². The first-order chi connectivity index (χ1) is 8.24. The van der Waals surface area contributed by atoms with Crippen LogP contribution >= 0.6 is 0 Å². The van der Waals surface area contributed by atoms with Gasteiger partial charge in [-0.1, -0.05) is 24.3 Å². The number of nitrogens with zero attached hydrogens (tertiary/aromatic N) is 1. The summed E-state index contributed by atoms with van der Waals surface area (Å²) in [6.07, 6.45) is 0. The van der Waals surface area contributed by atoms with Gasteiger partial charge in [-0.15, -0.1) is 0 Å². The van der Waals surface area contributed by atoms with Crippen molar-refractivity contribution in [2.24, 2.45) is 0 Å². The minimum Gasteiger partial charge on any atom is -0.496 e. The molecule has 84 valence electrons. The molecule has 0 heterocycles. The lowest BCUT2D eigenvalue weighted by Crippen LogP contribution is -1.88. The Labute approximate surface area is 101 Å². The van der Waals surface area contributed by atoms with Gasteiger partial charge in [0.1, 0.15) is 5.75 Å². The molecule has 2 nitrogen and oxygen atoms in total. The average Bonchev–Trinajstić information content (AvgIpc) is 2.39. The third-order valence-corrected chi connectivity index (χ3v) is 2.73. The molecule has 0 saturated carbocycles. The van der Waals surface area contributed by atoms with E-state index in [0.717, 1.165) is 22.4 Å². The van der Waals surface area contributed by atoms with Crippen molar-refractivity contribution < 1.29 is 4.74 Å². The number of hydrogen-bond acceptors (Lipinski definition) is 2. The Balaban J connectivity index is 2.49. The number of hydrogen-bond donors (Lipinski definition) is 0. The Bertz CT molecular complexity index is 582. The lowest BCUT2D eigenvalue weighted by molar-refractivity contribution is 0.412. The van der Waals surface area contributed by atoms with Crippen molar-refractivity contribution in [3.05, 3.63) is 53.6 Å². The second-order valence-corrected chi connectivity index (χ2v) is 3.88. The summed E-state index contributed by atoms with van der Waals surface area (Å²) in [5.74, 6) is 0.866. The number of aryl methyl sites for hydroxylation is 1. The fourth-order valence-corrected chi connectivity index (χ4v) is 1.77. The van der Waals surface area contributed by atoms with E-state index in [2.05, 4.69) is 6.07 Å². The number of methoxy groups -OCH3 is 1. The van der Waals surface area contributed by atoms with Gasteiger partial charge in [0, 0.05) is 0 Å². The van der Waals surface area contributed by atoms with Gasteiger partial charge in [0.2, 0.25) is 0 Å². The van der Waals surface area contributed by atoms with Gasteiger partial charge in [0.15, 0.2) is 0 Å². The Hall–Kier alpha value is -2.27. The van der Waals surface area contributed by atoms with E-state index in [1.807, 2.05) is 43.3 Å². The number of rotatable bonds is 2. The summed E-state index contributed by atoms with van der Waals surface area (Å²) in [5.41, 5.74) is 3.86. The fourth-order valence-electron chi connectivity index (χ4n) is 1.77. The molecule has 0 bridgehead atoms. The zero-order chi connectivity index (χ0) is 12.3. The average molecular weight is 223 g/mol. The monoisotopic (exact) mass is 223 g/mol. The first kappa shape index (κ1) is 11.2. The Kier molecular flexibility index (Phi) is 3.11. The highest BCUT2D eigenvalue weighted by Crippen LogP contribution is 2.27. The second kappa shape index (κ2) is 4.71. The van der Waals surface area contributed by atoms with Crippen LogP contribution in [0, 0.1) is 18.3 Å². The van der Waals surface area contributed by atoms with Gasteiger partial charge in [-0.2, -0.15) is 5.26 Å². The smallest absolute Gasteiger partial charge is 0.122 e. The van der Waals surface area contributed by atoms with Crippen LogP contribution in [0.25, 0.3) is 11.1 Å². The van der Waals surface area contributed by atoms with Gasteiger partial charge in [0.05, 0.1) is 18.7 Å². The highest BCUT2D eigenvalue weighted by atomic mass is 16.5. The molecule has 17 heavy (non-hydrogen) atoms. The molecule has 0 aliphatic rings. The SMILES string of the molecule is COc1cc(-c2cccc(C#N)c2)ccc1C. The number of nitriles is 1. The van der Waals surface area contributed by atoms with Crippen LogP contribution in [0.1, 0.15) is 11.1 Å². The van der Waals surface area contributed by atoms with E-state index in [1.165, 1.54) is 0 Å². The summed E-state index contributed by atoms with van der Waals surface area (Å²) in [6.45, 7) is 2.01. The van der Waals surface area contributed by atoms with Crippen molar-refractivity contribution in [3.8, 4) is 22.9 Å². The molecule has 0 saturated heterocycles. The first-order valence-corrected chi connectivity index (χ1v) is 5.40. The van der Waals surface area contributed by atoms with Gasteiger partial charge in [-0.05, 0) is 41.8 Å². The van der Waals surface area contributed by atoms with Crippen molar-refractivity contribution in [2.45, 2.75) is 6.92 Å². The normalized spacial score (nSPS) is 9.71. The minimum absolute atomic E-state index is 0.669. The number of benzene rings is 2. The van der Waals surface area contributed by atoms with E-state index < -0.39 is 0 Å². The van der Waals surface area contributed by atoms with Crippen LogP contribution in [0.5, 0.6) is 5.75 Å². The summed E-state index contributed by atoms with van der Waals surface area (Å²) in [4.78, 5) is 0. The van der Waals surface area contributed by atoms with Crippen LogP contribution < -0.4 is 4.74 Å². The minimum atomic E-state index is 0.669. The van der Waals surface area contributed by atoms with Crippen molar-refractivity contribution in [1.82, 2.24) is 0 Å². The fraction of sp³-hybridized carbons (Fsp3) is 0.133. The molecule has 2 heteroatoms. The second-order valence-electron chi connectivity index (χ2n) is 3.88. The molecule has 0 unspecified atom stereocenters. The van der Waals surface area contributed by atoms with E-state index >= 15 is 0 Å². The molecule has 0 radical (unpaired) electrons. The summed E-state index contributed by atoms with van der Waals surface area (Å²) in [6, 6.07) is 15.8. The van der Waals surface area contributed by atoms with Crippen molar-refractivity contribution in [3.63, 3.8) is 0 Å². The zero-order valence-electron chi connectivity index (χ0n) is 9.90. The lowest BCUT2D eigenvalue weighted by atomic mass is 10.0. The van der Waals surface area contributed by atoms with Crippen molar-refractivity contribution in [2.75, 3.05) is 7.11 Å². The van der Waals surface area contributed by atoms with Crippen LogP contribution in [-0.4, -0.2) is 7.11 Å². The van der Waals surface area contributed by atoms with Gasteiger partial charge < -0.3 is 4.74 Å². The maximum Gasteiger partial charge on any atom is 0.122 e. The van der Waals surface area contributed by atoms with Gasteiger partial charge in [-0.3, -0.25) is 0 Å². The molecule has 0 aromatic heterocycles. The van der Waals surface area contributed by atoms with Gasteiger partial charge in [0.25, 0.3) is 0 Å². The van der Waals surface area contributed by atoms with E-state index in [4.69, 9.17) is 10.00 Å². The van der Waals surface area contributed by atoms with E-state index in [0.29, 0.717) is 5.56 Å². The molecule has 0 atom stereocenters. The Morgan fingerprint density at radius 1 is 1.06 bits per heavy atom. The Morgan fingerprint density at radius 3 is 2.53 bits per heavy atom. The molecular formula is C15H13NO. The van der Waals surface area contributed by atoms with Crippen LogP contribution in [0.3, 0.4) is 0 Å². The molecule has 0 spiro atoms. The molecule has 0 fully saturated rings. The summed E-state index contributed by atoms with van der Waals surface area (Å²) in [5, 5.41) is 8.88. The topological polar surface area (TPSA) is 33.0 Å². The predicted molar refractivity (Wildman–Crippen MR) is 67.9 cm³/mol. The van der Waals surface area contributed by atoms with Crippen LogP contribution in [-0.2, 0) is 0 Å². The molecule has 2 aromatic carbocycles. The maximum absolute atomic E-state index is 8.88. The molecular weight excluding hydrogens is 210 g/mol. The quantitative estimate of drug-likeness (QED) is 0.780. The maximum atomic E-state index is 8.88. The summed E-state index contributed by atoms with van der Waals surface area (Å²) in [7, 11) is 1.66. The standard InChI is InChI=1S/C15H13NO/c1-11-6-7-14(9-15(11)17-2)13-5-3-4-12(8-13)10-16/h3-9H,1-2H3. The largest absolute Gasteiger partial charge is 0.496 e. The van der Waals surface area contributed by atoms with Gasteiger partial charge >= 0.3 is 0 Å². The lowest BCUT2D eigenvalue weighted by Gasteiger charge is -2.08. The van der Waals surface area contributed by atoms with Crippen LogP contribution in [0.2, 0.25) is 0 Å². The van der Waals surface area contributed by atoms with Crippen molar-refractivity contribution >= 4 is 0 Å².